The average molecular weight is 418 g/mol. The zero-order chi connectivity index (χ0) is 20.3. The molecule has 1 amide bonds. The summed E-state index contributed by atoms with van der Waals surface area (Å²) in [5.74, 6) is -1.04. The number of hydrogen-bond donors (Lipinski definition) is 1. The number of benzene rings is 1. The largest absolute Gasteiger partial charge is 0.452 e. The number of furan rings is 1. The second-order valence-corrected chi connectivity index (χ2v) is 6.51. The molecule has 0 atom stereocenters. The fraction of sp³-hybridized carbons (Fsp3) is 0.105. The van der Waals surface area contributed by atoms with Gasteiger partial charge < -0.3 is 14.5 Å². The van der Waals surface area contributed by atoms with Gasteiger partial charge in [-0.3, -0.25) is 9.36 Å². The van der Waals surface area contributed by atoms with E-state index in [4.69, 9.17) is 32.4 Å². The quantitative estimate of drug-likeness (QED) is 0.622. The van der Waals surface area contributed by atoms with Crippen LogP contribution in [0.5, 0.6) is 0 Å². The molecular weight excluding hydrogens is 405 g/mol. The monoisotopic (exact) mass is 417 g/mol. The van der Waals surface area contributed by atoms with Crippen LogP contribution in [0.2, 0.25) is 10.0 Å². The smallest absolute Gasteiger partial charge is 0.343 e. The molecule has 28 heavy (non-hydrogen) atoms. The van der Waals surface area contributed by atoms with Crippen molar-refractivity contribution in [3.8, 4) is 12.0 Å². The van der Waals surface area contributed by atoms with Gasteiger partial charge in [0, 0.05) is 17.4 Å². The van der Waals surface area contributed by atoms with Crippen LogP contribution in [0, 0.1) is 18.3 Å². The minimum atomic E-state index is -0.844. The standard InChI is InChI=1S/C19H13Cl2N3O4/c1-11-17(13(9-22)18(28-11)24-6-2-3-7-24)19(26)27-10-16(25)23-15-8-12(20)4-5-14(15)21/h2-8H,10H2,1H3,(H,23,25). The molecule has 0 aliphatic rings. The Balaban J connectivity index is 1.72. The number of nitriles is 1. The number of carbonyl (C=O) groups is 2. The van der Waals surface area contributed by atoms with Crippen molar-refractivity contribution in [2.24, 2.45) is 0 Å². The van der Waals surface area contributed by atoms with Crippen molar-refractivity contribution in [1.29, 1.82) is 5.26 Å². The summed E-state index contributed by atoms with van der Waals surface area (Å²) in [4.78, 5) is 24.5. The maximum absolute atomic E-state index is 12.4. The lowest BCUT2D eigenvalue weighted by atomic mass is 10.1. The maximum Gasteiger partial charge on any atom is 0.343 e. The summed E-state index contributed by atoms with van der Waals surface area (Å²) >= 11 is 11.8. The zero-order valence-electron chi connectivity index (χ0n) is 14.5. The van der Waals surface area contributed by atoms with Crippen molar-refractivity contribution >= 4 is 40.8 Å². The van der Waals surface area contributed by atoms with Gasteiger partial charge in [-0.1, -0.05) is 23.2 Å². The molecular formula is C19H13Cl2N3O4. The number of hydrogen-bond acceptors (Lipinski definition) is 5. The SMILES string of the molecule is Cc1oc(-n2cccc2)c(C#N)c1C(=O)OCC(=O)Nc1cc(Cl)ccc1Cl. The van der Waals surface area contributed by atoms with Crippen molar-refractivity contribution in [3.05, 3.63) is 69.7 Å². The summed E-state index contributed by atoms with van der Waals surface area (Å²) < 4.78 is 12.1. The van der Waals surface area contributed by atoms with E-state index in [0.29, 0.717) is 10.7 Å². The van der Waals surface area contributed by atoms with Crippen molar-refractivity contribution in [3.63, 3.8) is 0 Å². The van der Waals surface area contributed by atoms with Gasteiger partial charge in [0.2, 0.25) is 5.88 Å². The lowest BCUT2D eigenvalue weighted by Crippen LogP contribution is -2.21. The molecule has 142 valence electrons. The molecule has 7 nitrogen and oxygen atoms in total. The molecule has 1 aromatic carbocycles. The zero-order valence-corrected chi connectivity index (χ0v) is 16.0. The minimum Gasteiger partial charge on any atom is -0.452 e. The van der Waals surface area contributed by atoms with Crippen LogP contribution < -0.4 is 5.32 Å². The molecule has 9 heteroatoms. The molecule has 0 radical (unpaired) electrons. The normalized spacial score (nSPS) is 10.4. The number of nitrogens with one attached hydrogen (secondary N) is 1. The maximum atomic E-state index is 12.4. The number of carbonyl (C=O) groups excluding carboxylic acids is 2. The number of amides is 1. The van der Waals surface area contributed by atoms with Crippen LogP contribution in [-0.2, 0) is 9.53 Å². The first kappa shape index (κ1) is 19.5. The number of ether oxygens (including phenoxy) is 1. The average Bonchev–Trinajstić information content (AvgIpc) is 3.30. The number of esters is 1. The Hall–Kier alpha value is -3.21. The highest BCUT2D eigenvalue weighted by atomic mass is 35.5. The molecule has 2 heterocycles. The van der Waals surface area contributed by atoms with Crippen LogP contribution in [0.25, 0.3) is 5.88 Å². The Morgan fingerprint density at radius 3 is 2.68 bits per heavy atom. The van der Waals surface area contributed by atoms with Crippen LogP contribution >= 0.6 is 23.2 Å². The van der Waals surface area contributed by atoms with E-state index in [1.807, 2.05) is 6.07 Å². The van der Waals surface area contributed by atoms with Gasteiger partial charge in [0.15, 0.2) is 6.61 Å². The molecule has 0 aliphatic heterocycles. The topological polar surface area (TPSA) is 97.3 Å². The number of aromatic nitrogens is 1. The van der Waals surface area contributed by atoms with Gasteiger partial charge in [-0.05, 0) is 37.3 Å². The van der Waals surface area contributed by atoms with Gasteiger partial charge in [-0.2, -0.15) is 5.26 Å². The molecule has 0 saturated heterocycles. The van der Waals surface area contributed by atoms with Gasteiger partial charge in [0.25, 0.3) is 5.91 Å². The van der Waals surface area contributed by atoms with E-state index < -0.39 is 18.5 Å². The Kier molecular flexibility index (Phi) is 5.73. The van der Waals surface area contributed by atoms with Crippen LogP contribution in [0.1, 0.15) is 21.7 Å². The summed E-state index contributed by atoms with van der Waals surface area (Å²) in [7, 11) is 0. The van der Waals surface area contributed by atoms with Gasteiger partial charge in [-0.25, -0.2) is 4.79 Å². The van der Waals surface area contributed by atoms with E-state index in [-0.39, 0.29) is 27.8 Å². The summed E-state index contributed by atoms with van der Waals surface area (Å²) in [6.07, 6.45) is 3.35. The van der Waals surface area contributed by atoms with E-state index in [2.05, 4.69) is 5.32 Å². The Bertz CT molecular complexity index is 1080. The lowest BCUT2D eigenvalue weighted by molar-refractivity contribution is -0.119. The van der Waals surface area contributed by atoms with E-state index in [9.17, 15) is 14.9 Å². The van der Waals surface area contributed by atoms with E-state index in [0.717, 1.165) is 0 Å². The van der Waals surface area contributed by atoms with Gasteiger partial charge >= 0.3 is 5.97 Å². The molecule has 0 fully saturated rings. The molecule has 0 spiro atoms. The second kappa shape index (κ2) is 8.21. The highest BCUT2D eigenvalue weighted by molar-refractivity contribution is 6.35. The summed E-state index contributed by atoms with van der Waals surface area (Å²) in [6, 6.07) is 10.0. The summed E-state index contributed by atoms with van der Waals surface area (Å²) in [6.45, 7) is 0.965. The molecule has 0 bridgehead atoms. The first-order valence-corrected chi connectivity index (χ1v) is 8.75. The fourth-order valence-electron chi connectivity index (χ4n) is 2.51. The summed E-state index contributed by atoms with van der Waals surface area (Å²) in [5.41, 5.74) is 0.291. The third kappa shape index (κ3) is 4.03. The second-order valence-electron chi connectivity index (χ2n) is 5.66. The molecule has 0 aliphatic carbocycles. The number of nitrogens with zero attached hydrogens (tertiary/aromatic N) is 2. The van der Waals surface area contributed by atoms with E-state index in [1.165, 1.54) is 19.1 Å². The van der Waals surface area contributed by atoms with Crippen LogP contribution in [0.4, 0.5) is 5.69 Å². The van der Waals surface area contributed by atoms with Crippen molar-refractivity contribution in [2.75, 3.05) is 11.9 Å². The van der Waals surface area contributed by atoms with Crippen LogP contribution in [-0.4, -0.2) is 23.1 Å². The fourth-order valence-corrected chi connectivity index (χ4v) is 2.85. The van der Waals surface area contributed by atoms with Crippen LogP contribution in [0.15, 0.2) is 47.1 Å². The first-order chi connectivity index (χ1) is 13.4. The third-order valence-corrected chi connectivity index (χ3v) is 4.32. The number of rotatable bonds is 5. The Labute approximate surface area is 170 Å². The third-order valence-electron chi connectivity index (χ3n) is 3.76. The van der Waals surface area contributed by atoms with Crippen molar-refractivity contribution in [2.45, 2.75) is 6.92 Å². The van der Waals surface area contributed by atoms with Gasteiger partial charge in [-0.15, -0.1) is 0 Å². The van der Waals surface area contributed by atoms with E-state index in [1.54, 1.807) is 35.2 Å². The number of aryl methyl sites for hydroxylation is 1. The van der Waals surface area contributed by atoms with Crippen molar-refractivity contribution in [1.82, 2.24) is 4.57 Å². The molecule has 0 unspecified atom stereocenters. The molecule has 3 rings (SSSR count). The minimum absolute atomic E-state index is 0.0250. The molecule has 3 aromatic rings. The van der Waals surface area contributed by atoms with Crippen LogP contribution in [0.3, 0.4) is 0 Å². The highest BCUT2D eigenvalue weighted by Gasteiger charge is 2.26. The predicted molar refractivity (Wildman–Crippen MR) is 103 cm³/mol. The molecule has 1 N–H and O–H groups in total. The molecule has 0 saturated carbocycles. The molecule has 2 aromatic heterocycles. The lowest BCUT2D eigenvalue weighted by Gasteiger charge is -2.08. The van der Waals surface area contributed by atoms with Gasteiger partial charge in [0.05, 0.1) is 10.7 Å². The van der Waals surface area contributed by atoms with Crippen molar-refractivity contribution < 1.29 is 18.7 Å². The predicted octanol–water partition coefficient (Wildman–Crippen LogP) is 4.35. The Morgan fingerprint density at radius 1 is 1.29 bits per heavy atom. The highest BCUT2D eigenvalue weighted by Crippen LogP contribution is 2.27. The number of anilines is 1. The van der Waals surface area contributed by atoms with E-state index >= 15 is 0 Å². The first-order valence-electron chi connectivity index (χ1n) is 7.99. The Morgan fingerprint density at radius 2 is 2.00 bits per heavy atom. The van der Waals surface area contributed by atoms with Gasteiger partial charge in [0.1, 0.15) is 23.0 Å². The summed E-state index contributed by atoms with van der Waals surface area (Å²) in [5, 5.41) is 12.6. The number of halogens is 2.